The molecule has 1 N–H and O–H groups in total. The van der Waals surface area contributed by atoms with E-state index < -0.39 is 6.04 Å². The Morgan fingerprint density at radius 2 is 1.61 bits per heavy atom. The second-order valence-corrected chi connectivity index (χ2v) is 7.89. The Hall–Kier alpha value is -2.50. The minimum Gasteiger partial charge on any atom is -0.467 e. The van der Waals surface area contributed by atoms with E-state index in [1.165, 1.54) is 12.7 Å². The third-order valence-corrected chi connectivity index (χ3v) is 5.98. The number of amides is 2. The van der Waals surface area contributed by atoms with Crippen molar-refractivity contribution in [2.45, 2.75) is 75.9 Å². The van der Waals surface area contributed by atoms with E-state index in [4.69, 9.17) is 8.83 Å². The van der Waals surface area contributed by atoms with Gasteiger partial charge in [0.2, 0.25) is 0 Å². The first-order valence-electron chi connectivity index (χ1n) is 10.4. The van der Waals surface area contributed by atoms with Gasteiger partial charge < -0.3 is 19.1 Å². The van der Waals surface area contributed by atoms with Crippen molar-refractivity contribution in [1.82, 2.24) is 10.2 Å². The minimum absolute atomic E-state index is 0.00391. The third kappa shape index (κ3) is 4.01. The van der Waals surface area contributed by atoms with Crippen LogP contribution in [0.1, 0.15) is 80.1 Å². The van der Waals surface area contributed by atoms with Crippen LogP contribution < -0.4 is 5.32 Å². The standard InChI is InChI=1S/C22H28N2O4/c25-21(23-16-8-4-5-9-16)20(18-12-6-14-27-18)24(17-10-2-1-3-11-17)22(26)19-13-7-15-28-19/h6-7,12-17,20H,1-5,8-11H2,(H,23,25). The summed E-state index contributed by atoms with van der Waals surface area (Å²) >= 11 is 0. The molecule has 2 aliphatic rings. The van der Waals surface area contributed by atoms with E-state index >= 15 is 0 Å². The third-order valence-electron chi connectivity index (χ3n) is 5.98. The number of carbonyl (C=O) groups excluding carboxylic acids is 2. The molecular formula is C22H28N2O4. The number of nitrogens with one attached hydrogen (secondary N) is 1. The van der Waals surface area contributed by atoms with Crippen LogP contribution in [-0.2, 0) is 4.79 Å². The van der Waals surface area contributed by atoms with Gasteiger partial charge in [0, 0.05) is 12.1 Å². The molecule has 28 heavy (non-hydrogen) atoms. The molecule has 150 valence electrons. The van der Waals surface area contributed by atoms with Crippen LogP contribution in [0.3, 0.4) is 0 Å². The van der Waals surface area contributed by atoms with Gasteiger partial charge in [-0.05, 0) is 49.9 Å². The number of rotatable bonds is 6. The summed E-state index contributed by atoms with van der Waals surface area (Å²) in [4.78, 5) is 28.5. The average molecular weight is 384 g/mol. The van der Waals surface area contributed by atoms with Crippen LogP contribution in [0.2, 0.25) is 0 Å². The molecule has 2 heterocycles. The Balaban J connectivity index is 1.67. The Kier molecular flexibility index (Phi) is 5.84. The first-order valence-corrected chi connectivity index (χ1v) is 10.4. The molecule has 0 radical (unpaired) electrons. The lowest BCUT2D eigenvalue weighted by atomic mass is 9.92. The molecule has 2 saturated carbocycles. The zero-order valence-electron chi connectivity index (χ0n) is 16.1. The van der Waals surface area contributed by atoms with Gasteiger partial charge in [-0.25, -0.2) is 0 Å². The van der Waals surface area contributed by atoms with Crippen LogP contribution in [0, 0.1) is 0 Å². The SMILES string of the molecule is O=C(NC1CCCC1)C(c1ccco1)N(C(=O)c1ccco1)C1CCCCC1. The maximum Gasteiger partial charge on any atom is 0.290 e. The number of hydrogen-bond donors (Lipinski definition) is 1. The van der Waals surface area contributed by atoms with E-state index in [0.29, 0.717) is 5.76 Å². The number of furan rings is 2. The molecule has 1 unspecified atom stereocenters. The number of nitrogens with zero attached hydrogens (tertiary/aromatic N) is 1. The summed E-state index contributed by atoms with van der Waals surface area (Å²) in [6.07, 6.45) is 12.4. The first-order chi connectivity index (χ1) is 13.7. The highest BCUT2D eigenvalue weighted by atomic mass is 16.3. The molecule has 2 aliphatic carbocycles. The molecule has 0 saturated heterocycles. The van der Waals surface area contributed by atoms with Crippen molar-refractivity contribution in [3.05, 3.63) is 48.3 Å². The van der Waals surface area contributed by atoms with Crippen LogP contribution in [0.5, 0.6) is 0 Å². The van der Waals surface area contributed by atoms with E-state index in [0.717, 1.165) is 51.4 Å². The van der Waals surface area contributed by atoms with Gasteiger partial charge in [-0.3, -0.25) is 9.59 Å². The molecule has 2 aromatic rings. The summed E-state index contributed by atoms with van der Waals surface area (Å²) in [6, 6.07) is 6.30. The fourth-order valence-electron chi connectivity index (χ4n) is 4.57. The predicted molar refractivity (Wildman–Crippen MR) is 104 cm³/mol. The maximum atomic E-state index is 13.4. The Morgan fingerprint density at radius 1 is 0.929 bits per heavy atom. The van der Waals surface area contributed by atoms with Crippen LogP contribution in [0.25, 0.3) is 0 Å². The van der Waals surface area contributed by atoms with Crippen molar-refractivity contribution in [2.75, 3.05) is 0 Å². The molecular weight excluding hydrogens is 356 g/mol. The second-order valence-electron chi connectivity index (χ2n) is 7.89. The molecule has 6 heteroatoms. The Labute approximate surface area is 165 Å². The van der Waals surface area contributed by atoms with Crippen LogP contribution in [-0.4, -0.2) is 28.8 Å². The molecule has 2 aromatic heterocycles. The van der Waals surface area contributed by atoms with E-state index in [-0.39, 0.29) is 29.7 Å². The lowest BCUT2D eigenvalue weighted by Gasteiger charge is -2.38. The number of carbonyl (C=O) groups is 2. The quantitative estimate of drug-likeness (QED) is 0.798. The van der Waals surface area contributed by atoms with Gasteiger partial charge in [-0.2, -0.15) is 0 Å². The van der Waals surface area contributed by atoms with E-state index in [1.807, 2.05) is 0 Å². The van der Waals surface area contributed by atoms with Gasteiger partial charge in [-0.15, -0.1) is 0 Å². The van der Waals surface area contributed by atoms with Crippen LogP contribution >= 0.6 is 0 Å². The van der Waals surface area contributed by atoms with E-state index in [9.17, 15) is 9.59 Å². The second kappa shape index (κ2) is 8.67. The van der Waals surface area contributed by atoms with Crippen molar-refractivity contribution in [1.29, 1.82) is 0 Å². The Bertz CT molecular complexity index is 757. The lowest BCUT2D eigenvalue weighted by Crippen LogP contribution is -2.50. The highest BCUT2D eigenvalue weighted by molar-refractivity contribution is 5.96. The zero-order valence-corrected chi connectivity index (χ0v) is 16.1. The maximum absolute atomic E-state index is 13.4. The summed E-state index contributed by atoms with van der Waals surface area (Å²) in [5.74, 6) is 0.351. The molecule has 1 atom stereocenters. The van der Waals surface area contributed by atoms with Crippen LogP contribution in [0.4, 0.5) is 0 Å². The molecule has 0 aromatic carbocycles. The van der Waals surface area contributed by atoms with E-state index in [1.54, 1.807) is 35.4 Å². The van der Waals surface area contributed by atoms with Crippen LogP contribution in [0.15, 0.2) is 45.6 Å². The van der Waals surface area contributed by atoms with Gasteiger partial charge in [0.15, 0.2) is 11.8 Å². The molecule has 0 spiro atoms. The topological polar surface area (TPSA) is 75.7 Å². The Morgan fingerprint density at radius 3 is 2.25 bits per heavy atom. The molecule has 0 aliphatic heterocycles. The molecule has 0 bridgehead atoms. The highest BCUT2D eigenvalue weighted by Gasteiger charge is 2.40. The predicted octanol–water partition coefficient (Wildman–Crippen LogP) is 4.45. The summed E-state index contributed by atoms with van der Waals surface area (Å²) in [6.45, 7) is 0. The number of hydrogen-bond acceptors (Lipinski definition) is 4. The van der Waals surface area contributed by atoms with Crippen molar-refractivity contribution >= 4 is 11.8 Å². The molecule has 2 amide bonds. The molecule has 6 nitrogen and oxygen atoms in total. The van der Waals surface area contributed by atoms with Crippen molar-refractivity contribution in [3.8, 4) is 0 Å². The largest absolute Gasteiger partial charge is 0.467 e. The van der Waals surface area contributed by atoms with Gasteiger partial charge >= 0.3 is 0 Å². The van der Waals surface area contributed by atoms with Gasteiger partial charge in [0.1, 0.15) is 5.76 Å². The molecule has 2 fully saturated rings. The van der Waals surface area contributed by atoms with Crippen molar-refractivity contribution in [3.63, 3.8) is 0 Å². The zero-order chi connectivity index (χ0) is 19.3. The fraction of sp³-hybridized carbons (Fsp3) is 0.545. The average Bonchev–Trinajstić information content (AvgIpc) is 3.49. The molecule has 4 rings (SSSR count). The first kappa shape index (κ1) is 18.8. The van der Waals surface area contributed by atoms with E-state index in [2.05, 4.69) is 5.32 Å². The summed E-state index contributed by atoms with van der Waals surface area (Å²) in [5.41, 5.74) is 0. The monoisotopic (exact) mass is 384 g/mol. The van der Waals surface area contributed by atoms with Crippen molar-refractivity contribution in [2.24, 2.45) is 0 Å². The smallest absolute Gasteiger partial charge is 0.290 e. The van der Waals surface area contributed by atoms with Gasteiger partial charge in [0.05, 0.1) is 12.5 Å². The fourth-order valence-corrected chi connectivity index (χ4v) is 4.57. The van der Waals surface area contributed by atoms with Gasteiger partial charge in [-0.1, -0.05) is 32.1 Å². The van der Waals surface area contributed by atoms with Gasteiger partial charge in [0.25, 0.3) is 11.8 Å². The lowest BCUT2D eigenvalue weighted by molar-refractivity contribution is -0.128. The minimum atomic E-state index is -0.781. The van der Waals surface area contributed by atoms with Crippen molar-refractivity contribution < 1.29 is 18.4 Å². The normalized spacial score (nSPS) is 19.4. The summed E-state index contributed by atoms with van der Waals surface area (Å²) < 4.78 is 11.0. The highest BCUT2D eigenvalue weighted by Crippen LogP contribution is 2.33. The summed E-state index contributed by atoms with van der Waals surface area (Å²) in [7, 11) is 0. The summed E-state index contributed by atoms with van der Waals surface area (Å²) in [5, 5.41) is 3.16.